The summed E-state index contributed by atoms with van der Waals surface area (Å²) in [6, 6.07) is 9.95. The molecule has 1 N–H and O–H groups in total. The molecule has 6 heteroatoms. The minimum absolute atomic E-state index is 0.0375. The predicted octanol–water partition coefficient (Wildman–Crippen LogP) is 4.25. The fourth-order valence-electron chi connectivity index (χ4n) is 3.10. The number of nitrogens with one attached hydrogen (secondary N) is 1. The van der Waals surface area contributed by atoms with E-state index in [2.05, 4.69) is 19.2 Å². The maximum Gasteiger partial charge on any atom is 0.257 e. The summed E-state index contributed by atoms with van der Waals surface area (Å²) in [5.74, 6) is 0.0390. The van der Waals surface area contributed by atoms with Crippen molar-refractivity contribution in [3.63, 3.8) is 0 Å². The number of thioether (sulfide) groups is 1. The fourth-order valence-corrected chi connectivity index (χ4v) is 4.26. The predicted molar refractivity (Wildman–Crippen MR) is 121 cm³/mol. The van der Waals surface area contributed by atoms with Gasteiger partial charge in [0, 0.05) is 31.3 Å². The molecule has 2 aromatic rings. The molecule has 1 unspecified atom stereocenters. The van der Waals surface area contributed by atoms with Crippen LogP contribution in [0.4, 0.5) is 0 Å². The van der Waals surface area contributed by atoms with Crippen LogP contribution in [0.1, 0.15) is 62.8 Å². The van der Waals surface area contributed by atoms with E-state index in [-0.39, 0.29) is 16.7 Å². The first-order chi connectivity index (χ1) is 14.0. The summed E-state index contributed by atoms with van der Waals surface area (Å²) in [4.78, 5) is 30.4. The minimum Gasteiger partial charge on any atom is -0.355 e. The highest BCUT2D eigenvalue weighted by Gasteiger charge is 2.22. The molecule has 0 aliphatic carbocycles. The highest BCUT2D eigenvalue weighted by molar-refractivity contribution is 8.00. The Morgan fingerprint density at radius 3 is 2.52 bits per heavy atom. The van der Waals surface area contributed by atoms with Gasteiger partial charge in [-0.05, 0) is 25.3 Å². The molecule has 1 amide bonds. The van der Waals surface area contributed by atoms with Gasteiger partial charge in [0.2, 0.25) is 5.91 Å². The molecule has 1 heterocycles. The Labute approximate surface area is 178 Å². The van der Waals surface area contributed by atoms with Gasteiger partial charge in [-0.3, -0.25) is 14.2 Å². The van der Waals surface area contributed by atoms with Crippen molar-refractivity contribution in [3.05, 3.63) is 57.5 Å². The van der Waals surface area contributed by atoms with Gasteiger partial charge in [0.1, 0.15) is 0 Å². The molecular weight excluding hydrogens is 382 g/mol. The molecule has 1 atom stereocenters. The van der Waals surface area contributed by atoms with Crippen molar-refractivity contribution >= 4 is 17.7 Å². The lowest BCUT2D eigenvalue weighted by atomic mass is 10.1. The quantitative estimate of drug-likeness (QED) is 0.339. The monoisotopic (exact) mass is 415 g/mol. The zero-order chi connectivity index (χ0) is 21.2. The average molecular weight is 416 g/mol. The van der Waals surface area contributed by atoms with E-state index >= 15 is 0 Å². The molecule has 0 saturated carbocycles. The number of amides is 1. The van der Waals surface area contributed by atoms with E-state index in [1.807, 2.05) is 37.3 Å². The first-order valence-corrected chi connectivity index (χ1v) is 11.4. The number of benzene rings is 1. The first-order valence-electron chi connectivity index (χ1n) is 10.5. The lowest BCUT2D eigenvalue weighted by molar-refractivity contribution is -0.120. The third kappa shape index (κ3) is 6.74. The molecule has 2 rings (SSSR count). The van der Waals surface area contributed by atoms with Gasteiger partial charge in [0.15, 0.2) is 5.16 Å². The van der Waals surface area contributed by atoms with Crippen LogP contribution < -0.4 is 10.9 Å². The number of carbonyl (C=O) groups is 1. The first kappa shape index (κ1) is 23.2. The number of nitrogens with zero attached hydrogens (tertiary/aromatic N) is 2. The lowest BCUT2D eigenvalue weighted by Gasteiger charge is -2.18. The third-order valence-corrected chi connectivity index (χ3v) is 6.27. The van der Waals surface area contributed by atoms with E-state index in [4.69, 9.17) is 4.98 Å². The Bertz CT molecular complexity index is 849. The van der Waals surface area contributed by atoms with Crippen LogP contribution in [0.3, 0.4) is 0 Å². The summed E-state index contributed by atoms with van der Waals surface area (Å²) < 4.78 is 1.59. The molecule has 1 aromatic heterocycles. The summed E-state index contributed by atoms with van der Waals surface area (Å²) in [6.07, 6.45) is 5.36. The molecule has 0 bridgehead atoms. The maximum atomic E-state index is 13.0. The fraction of sp³-hybridized carbons (Fsp3) is 0.522. The number of carbonyl (C=O) groups excluding carboxylic acids is 1. The normalized spacial score (nSPS) is 12.0. The van der Waals surface area contributed by atoms with Crippen molar-refractivity contribution in [3.8, 4) is 0 Å². The largest absolute Gasteiger partial charge is 0.355 e. The van der Waals surface area contributed by atoms with Gasteiger partial charge in [0.05, 0.1) is 5.25 Å². The highest BCUT2D eigenvalue weighted by Crippen LogP contribution is 2.25. The van der Waals surface area contributed by atoms with Crippen molar-refractivity contribution in [1.82, 2.24) is 14.9 Å². The van der Waals surface area contributed by atoms with Gasteiger partial charge < -0.3 is 5.32 Å². The Hall–Kier alpha value is -2.08. The Morgan fingerprint density at radius 2 is 1.86 bits per heavy atom. The number of hydrogen-bond acceptors (Lipinski definition) is 4. The second kappa shape index (κ2) is 11.8. The van der Waals surface area contributed by atoms with Crippen LogP contribution in [-0.4, -0.2) is 27.3 Å². The molecule has 0 fully saturated rings. The van der Waals surface area contributed by atoms with Gasteiger partial charge in [0.25, 0.3) is 5.56 Å². The van der Waals surface area contributed by atoms with Crippen molar-refractivity contribution < 1.29 is 4.79 Å². The molecule has 29 heavy (non-hydrogen) atoms. The number of hydrogen-bond donors (Lipinski definition) is 1. The molecule has 0 radical (unpaired) electrons. The smallest absolute Gasteiger partial charge is 0.257 e. The topological polar surface area (TPSA) is 64.0 Å². The summed E-state index contributed by atoms with van der Waals surface area (Å²) in [5.41, 5.74) is 2.50. The van der Waals surface area contributed by atoms with E-state index in [9.17, 15) is 9.59 Å². The Morgan fingerprint density at radius 1 is 1.17 bits per heavy atom. The molecule has 0 spiro atoms. The molecule has 5 nitrogen and oxygen atoms in total. The second-order valence-corrected chi connectivity index (χ2v) is 8.55. The maximum absolute atomic E-state index is 13.0. The molecule has 1 aromatic carbocycles. The number of aromatic nitrogens is 2. The standard InChI is InChI=1S/C23H33N3O2S/c1-5-7-14-20(21(27)24-15-8-6-2)29-23-25-17(3)19(22(28)26(23)4)16-18-12-10-9-11-13-18/h9-13,20H,5-8,14-16H2,1-4H3,(H,24,27). The zero-order valence-corrected chi connectivity index (χ0v) is 18.8. The van der Waals surface area contributed by atoms with Crippen LogP contribution in [0.25, 0.3) is 0 Å². The Balaban J connectivity index is 2.23. The second-order valence-electron chi connectivity index (χ2n) is 7.38. The van der Waals surface area contributed by atoms with Crippen LogP contribution in [0.2, 0.25) is 0 Å². The van der Waals surface area contributed by atoms with Crippen LogP contribution in [0.5, 0.6) is 0 Å². The van der Waals surface area contributed by atoms with Crippen molar-refractivity contribution in [2.75, 3.05) is 6.54 Å². The van der Waals surface area contributed by atoms with Crippen molar-refractivity contribution in [2.45, 2.75) is 69.7 Å². The van der Waals surface area contributed by atoms with Gasteiger partial charge in [-0.25, -0.2) is 4.98 Å². The molecule has 0 saturated heterocycles. The summed E-state index contributed by atoms with van der Waals surface area (Å²) in [6.45, 7) is 6.80. The zero-order valence-electron chi connectivity index (χ0n) is 18.0. The molecule has 0 aliphatic rings. The summed E-state index contributed by atoms with van der Waals surface area (Å²) in [5, 5.41) is 3.41. The van der Waals surface area contributed by atoms with Gasteiger partial charge in [-0.1, -0.05) is 75.2 Å². The lowest BCUT2D eigenvalue weighted by Crippen LogP contribution is -2.34. The van der Waals surface area contributed by atoms with E-state index in [0.717, 1.165) is 43.4 Å². The highest BCUT2D eigenvalue weighted by atomic mass is 32.2. The minimum atomic E-state index is -0.232. The Kier molecular flexibility index (Phi) is 9.45. The van der Waals surface area contributed by atoms with Gasteiger partial charge in [-0.15, -0.1) is 0 Å². The third-order valence-electron chi connectivity index (χ3n) is 4.96. The van der Waals surface area contributed by atoms with E-state index in [1.165, 1.54) is 11.8 Å². The number of unbranched alkanes of at least 4 members (excludes halogenated alkanes) is 2. The number of rotatable bonds is 11. The van der Waals surface area contributed by atoms with Gasteiger partial charge in [-0.2, -0.15) is 0 Å². The number of aryl methyl sites for hydroxylation is 1. The SMILES string of the molecule is CCCCNC(=O)C(CCCC)Sc1nc(C)c(Cc2ccccc2)c(=O)n1C. The van der Waals surface area contributed by atoms with Crippen LogP contribution in [0.15, 0.2) is 40.3 Å². The van der Waals surface area contributed by atoms with Crippen LogP contribution in [-0.2, 0) is 18.3 Å². The summed E-state index contributed by atoms with van der Waals surface area (Å²) in [7, 11) is 1.75. The van der Waals surface area contributed by atoms with Gasteiger partial charge >= 0.3 is 0 Å². The average Bonchev–Trinajstić information content (AvgIpc) is 2.72. The van der Waals surface area contributed by atoms with E-state index in [1.54, 1.807) is 11.6 Å². The van der Waals surface area contributed by atoms with E-state index < -0.39 is 0 Å². The van der Waals surface area contributed by atoms with Crippen molar-refractivity contribution in [1.29, 1.82) is 0 Å². The molecule has 0 aliphatic heterocycles. The summed E-state index contributed by atoms with van der Waals surface area (Å²) >= 11 is 1.40. The van der Waals surface area contributed by atoms with Crippen LogP contribution in [0, 0.1) is 6.92 Å². The van der Waals surface area contributed by atoms with E-state index in [0.29, 0.717) is 23.7 Å². The molecular formula is C23H33N3O2S. The van der Waals surface area contributed by atoms with Crippen molar-refractivity contribution in [2.24, 2.45) is 7.05 Å². The molecule has 158 valence electrons. The van der Waals surface area contributed by atoms with Crippen LogP contribution >= 0.6 is 11.8 Å².